The number of hydrogen-bond acceptors (Lipinski definition) is 6. The molecule has 0 saturated carbocycles. The van der Waals surface area contributed by atoms with Crippen LogP contribution in [-0.4, -0.2) is 74.0 Å². The van der Waals surface area contributed by atoms with Crippen LogP contribution in [0.15, 0.2) is 54.6 Å². The van der Waals surface area contributed by atoms with Gasteiger partial charge in [0.05, 0.1) is 29.2 Å². The molecule has 2 fully saturated rings. The highest BCUT2D eigenvalue weighted by Gasteiger charge is 2.74. The highest BCUT2D eigenvalue weighted by atomic mass is 32.2. The van der Waals surface area contributed by atoms with Crippen LogP contribution in [0.3, 0.4) is 0 Å². The Kier molecular flexibility index (Phi) is 5.64. The molecule has 7 nitrogen and oxygen atoms in total. The fraction of sp³-hybridized carbons (Fsp3) is 0.500. The van der Waals surface area contributed by atoms with E-state index >= 15 is 0 Å². The predicted molar refractivity (Wildman–Crippen MR) is 129 cm³/mol. The zero-order valence-corrected chi connectivity index (χ0v) is 20.4. The maximum atomic E-state index is 14.3. The molecule has 6 atom stereocenters. The summed E-state index contributed by atoms with van der Waals surface area (Å²) in [6.45, 7) is 6.14. The first-order valence-corrected chi connectivity index (χ1v) is 12.6. The second-order valence-electron chi connectivity index (χ2n) is 9.87. The first-order valence-electron chi connectivity index (χ1n) is 11.8. The average molecular weight is 483 g/mol. The van der Waals surface area contributed by atoms with Gasteiger partial charge >= 0.3 is 5.97 Å². The molecule has 0 radical (unpaired) electrons. The predicted octanol–water partition coefficient (Wildman–Crippen LogP) is 2.33. The largest absolute Gasteiger partial charge is 0.461 e. The van der Waals surface area contributed by atoms with Crippen molar-refractivity contribution in [3.63, 3.8) is 0 Å². The van der Waals surface area contributed by atoms with Crippen molar-refractivity contribution >= 4 is 29.5 Å². The molecule has 0 aliphatic carbocycles. The molecule has 1 N–H and O–H groups in total. The molecular weight excluding hydrogens is 452 g/mol. The third-order valence-corrected chi connectivity index (χ3v) is 9.39. The lowest BCUT2D eigenvalue weighted by Crippen LogP contribution is -2.55. The minimum atomic E-state index is -0.944. The van der Waals surface area contributed by atoms with E-state index in [9.17, 15) is 19.5 Å². The van der Waals surface area contributed by atoms with Crippen molar-refractivity contribution < 1.29 is 24.2 Å². The second-order valence-corrected chi connectivity index (χ2v) is 11.7. The van der Waals surface area contributed by atoms with Crippen LogP contribution in [-0.2, 0) is 19.1 Å². The molecule has 8 heteroatoms. The van der Waals surface area contributed by atoms with Crippen LogP contribution in [0.4, 0.5) is 0 Å². The van der Waals surface area contributed by atoms with E-state index in [-0.39, 0.29) is 31.1 Å². The molecule has 1 aromatic rings. The van der Waals surface area contributed by atoms with E-state index in [4.69, 9.17) is 4.74 Å². The quantitative estimate of drug-likeness (QED) is 0.524. The van der Waals surface area contributed by atoms with Crippen molar-refractivity contribution in [3.05, 3.63) is 60.2 Å². The van der Waals surface area contributed by atoms with Gasteiger partial charge in [-0.2, -0.15) is 0 Å². The van der Waals surface area contributed by atoms with Gasteiger partial charge < -0.3 is 19.6 Å². The Bertz CT molecular complexity index is 1070. The first-order chi connectivity index (χ1) is 16.2. The fourth-order valence-electron chi connectivity index (χ4n) is 6.14. The van der Waals surface area contributed by atoms with Gasteiger partial charge in [-0.05, 0) is 32.4 Å². The molecule has 4 aliphatic rings. The summed E-state index contributed by atoms with van der Waals surface area (Å²) < 4.78 is 3.83. The molecule has 2 saturated heterocycles. The number of esters is 1. The molecule has 1 spiro atoms. The van der Waals surface area contributed by atoms with Crippen LogP contribution in [0.1, 0.15) is 32.4 Å². The number of nitrogens with zero attached hydrogens (tertiary/aromatic N) is 2. The number of ether oxygens (including phenoxy) is 1. The standard InChI is InChI=1S/C26H30N2O5S/c1-16(2)27-13-7-12-26-19(20-24(32)33-14-8-11-25(20,3)34-26)22(30)28(21(26)23(27)31)18(15-29)17-9-5-4-6-10-17/h4-12,16,18-21,29H,13-15H2,1-3H3/t18-,19+,20-,21?,25+,26+/m1/s1. The number of rotatable bonds is 4. The number of carbonyl (C=O) groups excluding carboxylic acids is 3. The fourth-order valence-corrected chi connectivity index (χ4v) is 8.28. The minimum Gasteiger partial charge on any atom is -0.461 e. The summed E-state index contributed by atoms with van der Waals surface area (Å²) >= 11 is 1.51. The van der Waals surface area contributed by atoms with Gasteiger partial charge in [-0.1, -0.05) is 48.6 Å². The number of likely N-dealkylation sites (tertiary alicyclic amines) is 1. The summed E-state index contributed by atoms with van der Waals surface area (Å²) in [5.74, 6) is -2.36. The Morgan fingerprint density at radius 1 is 1.09 bits per heavy atom. The van der Waals surface area contributed by atoms with Crippen molar-refractivity contribution in [3.8, 4) is 0 Å². The molecule has 1 aromatic carbocycles. The smallest absolute Gasteiger partial charge is 0.311 e. The van der Waals surface area contributed by atoms with E-state index in [0.717, 1.165) is 5.56 Å². The van der Waals surface area contributed by atoms with Gasteiger partial charge in [-0.15, -0.1) is 11.8 Å². The summed E-state index contributed by atoms with van der Waals surface area (Å²) in [6, 6.07) is 7.67. The third kappa shape index (κ3) is 3.18. The summed E-state index contributed by atoms with van der Waals surface area (Å²) in [4.78, 5) is 44.9. The van der Waals surface area contributed by atoms with Gasteiger partial charge in [0.25, 0.3) is 0 Å². The highest BCUT2D eigenvalue weighted by Crippen LogP contribution is 2.66. The number of thioether (sulfide) groups is 1. The lowest BCUT2D eigenvalue weighted by Gasteiger charge is -2.40. The van der Waals surface area contributed by atoms with Crippen LogP contribution >= 0.6 is 11.8 Å². The lowest BCUT2D eigenvalue weighted by molar-refractivity contribution is -0.153. The van der Waals surface area contributed by atoms with Crippen LogP contribution in [0, 0.1) is 11.8 Å². The van der Waals surface area contributed by atoms with Gasteiger partial charge in [0.2, 0.25) is 11.8 Å². The Morgan fingerprint density at radius 3 is 2.50 bits per heavy atom. The molecular formula is C26H30N2O5S. The van der Waals surface area contributed by atoms with E-state index in [1.54, 1.807) is 9.80 Å². The van der Waals surface area contributed by atoms with Crippen LogP contribution in [0.2, 0.25) is 0 Å². The zero-order chi connectivity index (χ0) is 24.3. The molecule has 5 rings (SSSR count). The molecule has 2 amide bonds. The SMILES string of the molecule is CC(C)N1CC=C[C@]23S[C@@]4(C)C=CCOC(=O)[C@H]4[C@H]2C(=O)N([C@H](CO)c2ccccc2)C3C1=O. The number of carbonyl (C=O) groups is 3. The monoisotopic (exact) mass is 482 g/mol. The number of aliphatic hydroxyl groups is 1. The number of aliphatic hydroxyl groups excluding tert-OH is 1. The molecule has 4 heterocycles. The number of cyclic esters (lactones) is 1. The first kappa shape index (κ1) is 23.2. The Hall–Kier alpha value is -2.58. The minimum absolute atomic E-state index is 0.0649. The van der Waals surface area contributed by atoms with Crippen LogP contribution in [0.25, 0.3) is 0 Å². The molecule has 0 aromatic heterocycles. The summed E-state index contributed by atoms with van der Waals surface area (Å²) in [6.07, 6.45) is 7.71. The Labute approximate surface area is 203 Å². The van der Waals surface area contributed by atoms with Crippen molar-refractivity contribution in [2.75, 3.05) is 19.8 Å². The van der Waals surface area contributed by atoms with Crippen molar-refractivity contribution in [2.24, 2.45) is 11.8 Å². The Morgan fingerprint density at radius 2 is 1.82 bits per heavy atom. The second kappa shape index (κ2) is 8.27. The number of fused-ring (bicyclic) bond motifs is 2. The number of hydrogen-bond donors (Lipinski definition) is 1. The van der Waals surface area contributed by atoms with E-state index in [0.29, 0.717) is 6.54 Å². The van der Waals surface area contributed by atoms with Crippen LogP contribution in [0.5, 0.6) is 0 Å². The maximum Gasteiger partial charge on any atom is 0.311 e. The van der Waals surface area contributed by atoms with Gasteiger partial charge in [0.15, 0.2) is 0 Å². The summed E-state index contributed by atoms with van der Waals surface area (Å²) in [7, 11) is 0. The van der Waals surface area contributed by atoms with E-state index in [2.05, 4.69) is 0 Å². The van der Waals surface area contributed by atoms with Crippen LogP contribution < -0.4 is 0 Å². The maximum absolute atomic E-state index is 14.3. The molecule has 1 unspecified atom stereocenters. The van der Waals surface area contributed by atoms with Crippen molar-refractivity contribution in [1.29, 1.82) is 0 Å². The molecule has 4 aliphatic heterocycles. The van der Waals surface area contributed by atoms with E-state index < -0.39 is 39.4 Å². The molecule has 34 heavy (non-hydrogen) atoms. The molecule has 180 valence electrons. The normalized spacial score (nSPS) is 35.6. The summed E-state index contributed by atoms with van der Waals surface area (Å²) in [5, 5.41) is 10.5. The van der Waals surface area contributed by atoms with Crippen molar-refractivity contribution in [2.45, 2.75) is 48.4 Å². The average Bonchev–Trinajstić information content (AvgIpc) is 3.06. The zero-order valence-electron chi connectivity index (χ0n) is 19.6. The van der Waals surface area contributed by atoms with Crippen molar-refractivity contribution in [1.82, 2.24) is 9.80 Å². The number of benzene rings is 1. The van der Waals surface area contributed by atoms with E-state index in [1.807, 2.05) is 75.4 Å². The third-order valence-electron chi connectivity index (χ3n) is 7.60. The number of amides is 2. The Balaban J connectivity index is 1.71. The van der Waals surface area contributed by atoms with E-state index in [1.165, 1.54) is 11.8 Å². The topological polar surface area (TPSA) is 87.2 Å². The molecule has 0 bridgehead atoms. The summed E-state index contributed by atoms with van der Waals surface area (Å²) in [5.41, 5.74) is 0.752. The van der Waals surface area contributed by atoms with Gasteiger partial charge in [-0.3, -0.25) is 14.4 Å². The van der Waals surface area contributed by atoms with Gasteiger partial charge in [0, 0.05) is 17.3 Å². The van der Waals surface area contributed by atoms with Gasteiger partial charge in [0.1, 0.15) is 12.6 Å². The lowest BCUT2D eigenvalue weighted by atomic mass is 9.75. The highest BCUT2D eigenvalue weighted by molar-refractivity contribution is 8.02. The van der Waals surface area contributed by atoms with Gasteiger partial charge in [-0.25, -0.2) is 0 Å².